The molecule has 0 aromatic heterocycles. The summed E-state index contributed by atoms with van der Waals surface area (Å²) in [5.74, 6) is 0.963. The van der Waals surface area contributed by atoms with Crippen LogP contribution in [0.2, 0.25) is 0 Å². The molecule has 2 amide bonds. The molecule has 2 atom stereocenters. The number of likely N-dealkylation sites (tertiary alicyclic amines) is 1. The number of benzene rings is 2. The van der Waals surface area contributed by atoms with Gasteiger partial charge < -0.3 is 20.7 Å². The van der Waals surface area contributed by atoms with Crippen LogP contribution in [0.25, 0.3) is 0 Å². The Morgan fingerprint density at radius 1 is 1.19 bits per heavy atom. The molecule has 8 heteroatoms. The van der Waals surface area contributed by atoms with Crippen molar-refractivity contribution in [1.82, 2.24) is 4.90 Å². The van der Waals surface area contributed by atoms with Crippen molar-refractivity contribution in [2.75, 3.05) is 18.1 Å². The molecular formula is C19H23N3O4S. The molecule has 0 bridgehead atoms. The standard InChI is InChI=1S/C19H23N3O4S/c1-13-18(20)10-11-22(13)19(23)21-14-6-8-15(9-7-14)26-16-4-3-5-17(12-16)27(2,24)25/h3-9,12-13,18H,10-11,20H2,1-2H3,(H,21,23)/t13-,18-/m0/s1. The van der Waals surface area contributed by atoms with Gasteiger partial charge in [0, 0.05) is 30.6 Å². The summed E-state index contributed by atoms with van der Waals surface area (Å²) in [5.41, 5.74) is 6.60. The first-order valence-corrected chi connectivity index (χ1v) is 10.5. The van der Waals surface area contributed by atoms with Gasteiger partial charge in [-0.15, -0.1) is 0 Å². The normalized spacial score (nSPS) is 19.7. The Labute approximate surface area is 159 Å². The molecule has 1 aliphatic heterocycles. The van der Waals surface area contributed by atoms with E-state index in [1.165, 1.54) is 12.1 Å². The van der Waals surface area contributed by atoms with E-state index in [0.717, 1.165) is 12.7 Å². The highest BCUT2D eigenvalue weighted by Crippen LogP contribution is 2.25. The molecule has 0 radical (unpaired) electrons. The summed E-state index contributed by atoms with van der Waals surface area (Å²) in [7, 11) is -3.30. The summed E-state index contributed by atoms with van der Waals surface area (Å²) in [6.07, 6.45) is 1.95. The Morgan fingerprint density at radius 3 is 2.48 bits per heavy atom. The third-order valence-corrected chi connectivity index (χ3v) is 5.76. The van der Waals surface area contributed by atoms with E-state index < -0.39 is 9.84 Å². The Balaban J connectivity index is 1.65. The fraction of sp³-hybridized carbons (Fsp3) is 0.316. The number of carbonyl (C=O) groups is 1. The molecular weight excluding hydrogens is 366 g/mol. The number of rotatable bonds is 4. The van der Waals surface area contributed by atoms with Crippen molar-refractivity contribution < 1.29 is 17.9 Å². The van der Waals surface area contributed by atoms with Crippen LogP contribution in [0.15, 0.2) is 53.4 Å². The maximum atomic E-state index is 12.3. The van der Waals surface area contributed by atoms with Crippen LogP contribution >= 0.6 is 0 Å². The topological polar surface area (TPSA) is 102 Å². The van der Waals surface area contributed by atoms with Crippen LogP contribution in [0.3, 0.4) is 0 Å². The van der Waals surface area contributed by atoms with Crippen molar-refractivity contribution in [3.05, 3.63) is 48.5 Å². The van der Waals surface area contributed by atoms with Gasteiger partial charge in [0.15, 0.2) is 9.84 Å². The van der Waals surface area contributed by atoms with E-state index in [1.807, 2.05) is 6.92 Å². The summed E-state index contributed by atoms with van der Waals surface area (Å²) in [6.45, 7) is 2.59. The number of hydrogen-bond acceptors (Lipinski definition) is 5. The van der Waals surface area contributed by atoms with Crippen molar-refractivity contribution in [3.8, 4) is 11.5 Å². The van der Waals surface area contributed by atoms with Crippen LogP contribution in [0.1, 0.15) is 13.3 Å². The van der Waals surface area contributed by atoms with E-state index in [1.54, 1.807) is 41.3 Å². The van der Waals surface area contributed by atoms with Crippen LogP contribution in [-0.4, -0.2) is 44.2 Å². The number of amides is 2. The second kappa shape index (κ2) is 7.58. The molecule has 144 valence electrons. The minimum absolute atomic E-state index is 0.00854. The molecule has 1 saturated heterocycles. The second-order valence-electron chi connectivity index (χ2n) is 6.69. The molecule has 1 heterocycles. The molecule has 3 N–H and O–H groups in total. The number of hydrogen-bond donors (Lipinski definition) is 2. The average Bonchev–Trinajstić information content (AvgIpc) is 2.95. The highest BCUT2D eigenvalue weighted by molar-refractivity contribution is 7.90. The summed E-state index contributed by atoms with van der Waals surface area (Å²) in [6, 6.07) is 13.0. The van der Waals surface area contributed by atoms with Gasteiger partial charge in [0.2, 0.25) is 0 Å². The van der Waals surface area contributed by atoms with Crippen molar-refractivity contribution in [3.63, 3.8) is 0 Å². The van der Waals surface area contributed by atoms with Gasteiger partial charge in [0.25, 0.3) is 0 Å². The van der Waals surface area contributed by atoms with E-state index in [0.29, 0.717) is 23.7 Å². The van der Waals surface area contributed by atoms with Gasteiger partial charge >= 0.3 is 6.03 Å². The van der Waals surface area contributed by atoms with Gasteiger partial charge in [-0.1, -0.05) is 6.07 Å². The molecule has 1 fully saturated rings. The minimum atomic E-state index is -3.30. The number of ether oxygens (including phenoxy) is 1. The van der Waals surface area contributed by atoms with E-state index in [4.69, 9.17) is 10.5 Å². The molecule has 0 unspecified atom stereocenters. The van der Waals surface area contributed by atoms with E-state index in [-0.39, 0.29) is 23.0 Å². The van der Waals surface area contributed by atoms with Gasteiger partial charge in [0.1, 0.15) is 11.5 Å². The zero-order chi connectivity index (χ0) is 19.6. The molecule has 7 nitrogen and oxygen atoms in total. The first-order chi connectivity index (χ1) is 12.7. The minimum Gasteiger partial charge on any atom is -0.457 e. The van der Waals surface area contributed by atoms with Crippen molar-refractivity contribution in [2.24, 2.45) is 5.73 Å². The number of urea groups is 1. The number of nitrogens with one attached hydrogen (secondary N) is 1. The maximum absolute atomic E-state index is 12.3. The van der Waals surface area contributed by atoms with E-state index >= 15 is 0 Å². The second-order valence-corrected chi connectivity index (χ2v) is 8.71. The predicted octanol–water partition coefficient (Wildman–Crippen LogP) is 2.84. The molecule has 3 rings (SSSR count). The van der Waals surface area contributed by atoms with Gasteiger partial charge in [-0.2, -0.15) is 0 Å². The monoisotopic (exact) mass is 389 g/mol. The van der Waals surface area contributed by atoms with Crippen LogP contribution in [0.4, 0.5) is 10.5 Å². The lowest BCUT2D eigenvalue weighted by Crippen LogP contribution is -2.42. The summed E-state index contributed by atoms with van der Waals surface area (Å²) in [4.78, 5) is 14.3. The quantitative estimate of drug-likeness (QED) is 0.837. The molecule has 0 saturated carbocycles. The number of anilines is 1. The lowest BCUT2D eigenvalue weighted by Gasteiger charge is -2.23. The summed E-state index contributed by atoms with van der Waals surface area (Å²) in [5, 5.41) is 2.85. The third kappa shape index (κ3) is 4.58. The Hall–Kier alpha value is -2.58. The molecule has 0 spiro atoms. The fourth-order valence-electron chi connectivity index (χ4n) is 2.96. The van der Waals surface area contributed by atoms with Crippen LogP contribution in [0, 0.1) is 0 Å². The smallest absolute Gasteiger partial charge is 0.322 e. The SMILES string of the molecule is C[C@H]1[C@@H](N)CCN1C(=O)Nc1ccc(Oc2cccc(S(C)(=O)=O)c2)cc1. The first kappa shape index (κ1) is 19.2. The van der Waals surface area contributed by atoms with Crippen molar-refractivity contribution >= 4 is 21.6 Å². The highest BCUT2D eigenvalue weighted by Gasteiger charge is 2.31. The number of sulfone groups is 1. The Morgan fingerprint density at radius 2 is 1.89 bits per heavy atom. The van der Waals surface area contributed by atoms with E-state index in [9.17, 15) is 13.2 Å². The molecule has 2 aromatic rings. The van der Waals surface area contributed by atoms with Crippen molar-refractivity contribution in [2.45, 2.75) is 30.3 Å². The molecule has 1 aliphatic rings. The lowest BCUT2D eigenvalue weighted by atomic mass is 10.2. The zero-order valence-corrected chi connectivity index (χ0v) is 16.1. The van der Waals surface area contributed by atoms with E-state index in [2.05, 4.69) is 5.32 Å². The zero-order valence-electron chi connectivity index (χ0n) is 15.3. The third-order valence-electron chi connectivity index (χ3n) is 4.65. The first-order valence-electron chi connectivity index (χ1n) is 8.65. The predicted molar refractivity (Wildman–Crippen MR) is 104 cm³/mol. The largest absolute Gasteiger partial charge is 0.457 e. The average molecular weight is 389 g/mol. The van der Waals surface area contributed by atoms with Crippen LogP contribution in [0.5, 0.6) is 11.5 Å². The maximum Gasteiger partial charge on any atom is 0.322 e. The van der Waals surface area contributed by atoms with Gasteiger partial charge in [-0.25, -0.2) is 13.2 Å². The molecule has 2 aromatic carbocycles. The fourth-order valence-corrected chi connectivity index (χ4v) is 3.61. The summed E-state index contributed by atoms with van der Waals surface area (Å²) >= 11 is 0. The Bertz CT molecular complexity index is 928. The number of nitrogens with two attached hydrogens (primary N) is 1. The summed E-state index contributed by atoms with van der Waals surface area (Å²) < 4.78 is 29.0. The van der Waals surface area contributed by atoms with Gasteiger partial charge in [0.05, 0.1) is 4.90 Å². The number of nitrogens with zero attached hydrogens (tertiary/aromatic N) is 1. The van der Waals surface area contributed by atoms with Crippen LogP contribution in [-0.2, 0) is 9.84 Å². The molecule has 0 aliphatic carbocycles. The lowest BCUT2D eigenvalue weighted by molar-refractivity contribution is 0.208. The Kier molecular flexibility index (Phi) is 5.38. The van der Waals surface area contributed by atoms with Crippen LogP contribution < -0.4 is 15.8 Å². The van der Waals surface area contributed by atoms with Gasteiger partial charge in [-0.3, -0.25) is 0 Å². The van der Waals surface area contributed by atoms with Crippen molar-refractivity contribution in [1.29, 1.82) is 0 Å². The number of carbonyl (C=O) groups excluding carboxylic acids is 1. The molecule has 27 heavy (non-hydrogen) atoms. The van der Waals surface area contributed by atoms with Gasteiger partial charge in [-0.05, 0) is 55.8 Å². The highest BCUT2D eigenvalue weighted by atomic mass is 32.2.